The van der Waals surface area contributed by atoms with E-state index in [-0.39, 0.29) is 36.3 Å². The molecule has 1 aliphatic carbocycles. The van der Waals surface area contributed by atoms with Crippen LogP contribution in [0.15, 0.2) is 4.99 Å². The van der Waals surface area contributed by atoms with E-state index in [4.69, 9.17) is 5.14 Å². The van der Waals surface area contributed by atoms with Crippen LogP contribution < -0.4 is 15.8 Å². The summed E-state index contributed by atoms with van der Waals surface area (Å²) < 4.78 is 21.3. The van der Waals surface area contributed by atoms with Gasteiger partial charge in [0.15, 0.2) is 5.96 Å². The summed E-state index contributed by atoms with van der Waals surface area (Å²) in [5.41, 5.74) is 0. The molecule has 0 radical (unpaired) electrons. The number of sulfonamides is 1. The van der Waals surface area contributed by atoms with Crippen molar-refractivity contribution < 1.29 is 8.42 Å². The van der Waals surface area contributed by atoms with Crippen LogP contribution >= 0.6 is 24.0 Å². The van der Waals surface area contributed by atoms with Crippen LogP contribution in [-0.2, 0) is 10.0 Å². The highest BCUT2D eigenvalue weighted by molar-refractivity contribution is 14.0. The van der Waals surface area contributed by atoms with Crippen LogP contribution in [0.5, 0.6) is 0 Å². The van der Waals surface area contributed by atoms with E-state index in [1.54, 1.807) is 0 Å². The van der Waals surface area contributed by atoms with Gasteiger partial charge in [0.25, 0.3) is 0 Å². The molecule has 16 heavy (non-hydrogen) atoms. The standard InChI is InChI=1S/C8H18N4O2S.HI/c1-2-10-8(12-7-3-4-7)11-5-6-15(9,13)14;/h7H,2-6H2,1H3,(H2,9,13,14)(H2,10,11,12);1H. The van der Waals surface area contributed by atoms with Gasteiger partial charge in [-0.05, 0) is 19.8 Å². The number of aliphatic imine (C=N–C) groups is 1. The first-order valence-electron chi connectivity index (χ1n) is 5.06. The first-order valence-corrected chi connectivity index (χ1v) is 6.78. The average Bonchev–Trinajstić information content (AvgIpc) is 2.86. The fraction of sp³-hybridized carbons (Fsp3) is 0.875. The van der Waals surface area contributed by atoms with Crippen molar-refractivity contribution >= 4 is 40.0 Å². The molecule has 4 N–H and O–H groups in total. The number of halogens is 1. The van der Waals surface area contributed by atoms with Crippen molar-refractivity contribution in [1.82, 2.24) is 10.6 Å². The first-order chi connectivity index (χ1) is 7.01. The number of primary sulfonamides is 1. The molecule has 0 atom stereocenters. The minimum atomic E-state index is -3.41. The van der Waals surface area contributed by atoms with Crippen LogP contribution in [0.2, 0.25) is 0 Å². The molecule has 1 saturated carbocycles. The molecule has 1 rings (SSSR count). The van der Waals surface area contributed by atoms with Crippen molar-refractivity contribution in [1.29, 1.82) is 0 Å². The Morgan fingerprint density at radius 1 is 1.50 bits per heavy atom. The molecule has 1 aliphatic rings. The number of rotatable bonds is 5. The van der Waals surface area contributed by atoms with E-state index in [0.717, 1.165) is 19.4 Å². The number of nitrogens with two attached hydrogens (primary N) is 1. The quantitative estimate of drug-likeness (QED) is 0.353. The summed E-state index contributed by atoms with van der Waals surface area (Å²) in [4.78, 5) is 4.11. The largest absolute Gasteiger partial charge is 0.357 e. The van der Waals surface area contributed by atoms with E-state index < -0.39 is 10.0 Å². The molecular formula is C8H19IN4O2S. The Morgan fingerprint density at radius 3 is 2.56 bits per heavy atom. The highest BCUT2D eigenvalue weighted by atomic mass is 127. The number of guanidine groups is 1. The minimum absolute atomic E-state index is 0. The van der Waals surface area contributed by atoms with Crippen molar-refractivity contribution in [3.63, 3.8) is 0 Å². The number of nitrogens with one attached hydrogen (secondary N) is 2. The fourth-order valence-corrected chi connectivity index (χ4v) is 1.37. The molecule has 0 heterocycles. The highest BCUT2D eigenvalue weighted by Gasteiger charge is 2.22. The lowest BCUT2D eigenvalue weighted by molar-refractivity contribution is 0.597. The van der Waals surface area contributed by atoms with E-state index in [1.165, 1.54) is 0 Å². The second kappa shape index (κ2) is 7.28. The van der Waals surface area contributed by atoms with E-state index in [9.17, 15) is 8.42 Å². The molecule has 0 amide bonds. The molecule has 0 saturated heterocycles. The van der Waals surface area contributed by atoms with Crippen LogP contribution in [0.25, 0.3) is 0 Å². The third kappa shape index (κ3) is 8.11. The van der Waals surface area contributed by atoms with Gasteiger partial charge in [0.1, 0.15) is 0 Å². The predicted molar refractivity (Wildman–Crippen MR) is 75.5 cm³/mol. The molecule has 0 bridgehead atoms. The van der Waals surface area contributed by atoms with E-state index in [1.807, 2.05) is 6.92 Å². The average molecular weight is 362 g/mol. The summed E-state index contributed by atoms with van der Waals surface area (Å²) in [6, 6.07) is 0.497. The molecule has 6 nitrogen and oxygen atoms in total. The summed E-state index contributed by atoms with van der Waals surface area (Å²) in [5, 5.41) is 11.1. The van der Waals surface area contributed by atoms with E-state index in [2.05, 4.69) is 15.6 Å². The minimum Gasteiger partial charge on any atom is -0.357 e. The van der Waals surface area contributed by atoms with Gasteiger partial charge < -0.3 is 10.6 Å². The monoisotopic (exact) mass is 362 g/mol. The molecule has 8 heteroatoms. The van der Waals surface area contributed by atoms with Crippen LogP contribution in [0.3, 0.4) is 0 Å². The van der Waals surface area contributed by atoms with Gasteiger partial charge in [-0.2, -0.15) is 0 Å². The van der Waals surface area contributed by atoms with E-state index in [0.29, 0.717) is 12.0 Å². The second-order valence-corrected chi connectivity index (χ2v) is 5.28. The zero-order valence-electron chi connectivity index (χ0n) is 9.27. The summed E-state index contributed by atoms with van der Waals surface area (Å²) in [6.45, 7) is 2.92. The molecule has 0 aromatic carbocycles. The molecule has 0 aromatic heterocycles. The van der Waals surface area contributed by atoms with Gasteiger partial charge in [-0.15, -0.1) is 24.0 Å². The maximum Gasteiger partial charge on any atom is 0.210 e. The van der Waals surface area contributed by atoms with Gasteiger partial charge in [0, 0.05) is 12.6 Å². The Bertz CT molecular complexity index is 327. The third-order valence-electron chi connectivity index (χ3n) is 1.91. The Morgan fingerprint density at radius 2 is 2.12 bits per heavy atom. The van der Waals surface area contributed by atoms with Crippen molar-refractivity contribution in [2.45, 2.75) is 25.8 Å². The summed E-state index contributed by atoms with van der Waals surface area (Å²) in [7, 11) is -3.41. The van der Waals surface area contributed by atoms with Gasteiger partial charge in [0.05, 0.1) is 12.3 Å². The van der Waals surface area contributed by atoms with Gasteiger partial charge in [-0.25, -0.2) is 13.6 Å². The zero-order valence-corrected chi connectivity index (χ0v) is 12.4. The number of hydrogen-bond donors (Lipinski definition) is 3. The van der Waals surface area contributed by atoms with Gasteiger partial charge in [-0.3, -0.25) is 4.99 Å². The zero-order chi connectivity index (χ0) is 11.3. The predicted octanol–water partition coefficient (Wildman–Crippen LogP) is -0.390. The van der Waals surface area contributed by atoms with Crippen molar-refractivity contribution in [2.75, 3.05) is 18.8 Å². The van der Waals surface area contributed by atoms with Crippen molar-refractivity contribution in [2.24, 2.45) is 10.1 Å². The maximum atomic E-state index is 10.7. The third-order valence-corrected chi connectivity index (χ3v) is 2.66. The van der Waals surface area contributed by atoms with E-state index >= 15 is 0 Å². The molecule has 0 spiro atoms. The lowest BCUT2D eigenvalue weighted by Crippen LogP contribution is -2.39. The summed E-state index contributed by atoms with van der Waals surface area (Å²) >= 11 is 0. The first kappa shape index (κ1) is 15.9. The van der Waals surface area contributed by atoms with Crippen LogP contribution in [-0.4, -0.2) is 39.3 Å². The number of hydrogen-bond acceptors (Lipinski definition) is 3. The van der Waals surface area contributed by atoms with Gasteiger partial charge in [-0.1, -0.05) is 0 Å². The Kier molecular flexibility index (Phi) is 7.24. The van der Waals surface area contributed by atoms with Gasteiger partial charge >= 0.3 is 0 Å². The molecular weight excluding hydrogens is 343 g/mol. The molecule has 1 fully saturated rings. The fourth-order valence-electron chi connectivity index (χ4n) is 1.03. The van der Waals surface area contributed by atoms with Crippen LogP contribution in [0.1, 0.15) is 19.8 Å². The summed E-state index contributed by atoms with van der Waals surface area (Å²) in [5.74, 6) is 0.553. The molecule has 96 valence electrons. The second-order valence-electron chi connectivity index (χ2n) is 3.55. The normalized spacial score (nSPS) is 16.5. The maximum absolute atomic E-state index is 10.7. The summed E-state index contributed by atoms with van der Waals surface area (Å²) in [6.07, 6.45) is 2.30. The Labute approximate surface area is 114 Å². The lowest BCUT2D eigenvalue weighted by Gasteiger charge is -2.09. The topological polar surface area (TPSA) is 96.6 Å². The van der Waals surface area contributed by atoms with Gasteiger partial charge in [0.2, 0.25) is 10.0 Å². The molecule has 0 aliphatic heterocycles. The smallest absolute Gasteiger partial charge is 0.210 e. The van der Waals surface area contributed by atoms with Crippen LogP contribution in [0.4, 0.5) is 0 Å². The SMILES string of the molecule is CCNC(=NCCS(N)(=O)=O)NC1CC1.I. The number of nitrogens with zero attached hydrogens (tertiary/aromatic N) is 1. The lowest BCUT2D eigenvalue weighted by atomic mass is 10.6. The Balaban J connectivity index is 0.00000225. The molecule has 0 unspecified atom stereocenters. The Hall–Kier alpha value is -0.0900. The van der Waals surface area contributed by atoms with Crippen LogP contribution in [0, 0.1) is 0 Å². The van der Waals surface area contributed by atoms with Crippen molar-refractivity contribution in [3.05, 3.63) is 0 Å². The molecule has 0 aromatic rings. The van der Waals surface area contributed by atoms with Crippen molar-refractivity contribution in [3.8, 4) is 0 Å². The highest BCUT2D eigenvalue weighted by Crippen LogP contribution is 2.18.